The third-order valence-corrected chi connectivity index (χ3v) is 7.25. The number of piperidine rings is 1. The maximum absolute atomic E-state index is 12.6. The van der Waals surface area contributed by atoms with Crippen molar-refractivity contribution in [1.29, 1.82) is 0 Å². The molecule has 8 nitrogen and oxygen atoms in total. The lowest BCUT2D eigenvalue weighted by Gasteiger charge is -2.30. The van der Waals surface area contributed by atoms with Crippen LogP contribution in [0.4, 0.5) is 5.69 Å². The Kier molecular flexibility index (Phi) is 6.95. The Bertz CT molecular complexity index is 957. The summed E-state index contributed by atoms with van der Waals surface area (Å²) in [4.78, 5) is 14.9. The lowest BCUT2D eigenvalue weighted by molar-refractivity contribution is -0.117. The van der Waals surface area contributed by atoms with Crippen LogP contribution in [-0.4, -0.2) is 43.5 Å². The monoisotopic (exact) mass is 434 g/mol. The number of anilines is 1. The maximum Gasteiger partial charge on any atom is 0.246 e. The summed E-state index contributed by atoms with van der Waals surface area (Å²) in [6.45, 7) is 9.98. The highest BCUT2D eigenvalue weighted by atomic mass is 32.2. The van der Waals surface area contributed by atoms with Crippen LogP contribution in [0.3, 0.4) is 0 Å². The molecule has 9 heteroatoms. The highest BCUT2D eigenvalue weighted by Crippen LogP contribution is 2.20. The number of sulfonamides is 1. The van der Waals surface area contributed by atoms with Gasteiger partial charge in [0.15, 0.2) is 5.76 Å². The summed E-state index contributed by atoms with van der Waals surface area (Å²) in [5, 5.41) is 6.41. The number of nitrogens with one attached hydrogen (secondary N) is 2. The van der Waals surface area contributed by atoms with Crippen molar-refractivity contribution in [3.63, 3.8) is 0 Å². The first-order valence-corrected chi connectivity index (χ1v) is 11.7. The molecule has 3 rings (SSSR count). The quantitative estimate of drug-likeness (QED) is 0.694. The zero-order chi connectivity index (χ0) is 21.9. The number of amides is 1. The van der Waals surface area contributed by atoms with E-state index >= 15 is 0 Å². The molecule has 1 atom stereocenters. The van der Waals surface area contributed by atoms with Crippen LogP contribution >= 0.6 is 0 Å². The molecule has 1 aromatic carbocycles. The Labute approximate surface area is 178 Å². The molecule has 1 aliphatic heterocycles. The van der Waals surface area contributed by atoms with Gasteiger partial charge < -0.3 is 9.84 Å². The molecule has 2 heterocycles. The van der Waals surface area contributed by atoms with Crippen LogP contribution in [0.5, 0.6) is 0 Å². The van der Waals surface area contributed by atoms with Crippen LogP contribution in [0.1, 0.15) is 43.7 Å². The molecule has 2 aromatic rings. The molecule has 164 valence electrons. The van der Waals surface area contributed by atoms with Gasteiger partial charge in [0.1, 0.15) is 10.6 Å². The molecule has 30 heavy (non-hydrogen) atoms. The Morgan fingerprint density at radius 3 is 2.43 bits per heavy atom. The van der Waals surface area contributed by atoms with E-state index in [-0.39, 0.29) is 16.3 Å². The molecule has 0 radical (unpaired) electrons. The Balaban J connectivity index is 1.56. The van der Waals surface area contributed by atoms with Gasteiger partial charge in [-0.3, -0.25) is 9.69 Å². The number of aromatic nitrogens is 1. The summed E-state index contributed by atoms with van der Waals surface area (Å²) in [5.74, 6) is 0.547. The third-order valence-electron chi connectivity index (χ3n) is 5.47. The fourth-order valence-electron chi connectivity index (χ4n) is 3.63. The van der Waals surface area contributed by atoms with Crippen LogP contribution in [0.15, 0.2) is 33.7 Å². The number of rotatable bonds is 7. The molecular weight excluding hydrogens is 404 g/mol. The van der Waals surface area contributed by atoms with Crippen molar-refractivity contribution < 1.29 is 17.7 Å². The third kappa shape index (κ3) is 5.47. The molecule has 1 fully saturated rings. The molecule has 0 unspecified atom stereocenters. The normalized spacial score (nSPS) is 17.1. The number of hydrogen-bond acceptors (Lipinski definition) is 6. The highest BCUT2D eigenvalue weighted by molar-refractivity contribution is 7.89. The van der Waals surface area contributed by atoms with E-state index in [0.29, 0.717) is 5.69 Å². The van der Waals surface area contributed by atoms with Gasteiger partial charge in [0, 0.05) is 12.2 Å². The Morgan fingerprint density at radius 2 is 1.87 bits per heavy atom. The summed E-state index contributed by atoms with van der Waals surface area (Å²) in [7, 11) is -3.91. The molecule has 2 N–H and O–H groups in total. The van der Waals surface area contributed by atoms with Gasteiger partial charge in [-0.1, -0.05) is 24.2 Å². The number of carbonyl (C=O) groups excluding carboxylic acids is 1. The number of likely N-dealkylation sites (tertiary alicyclic amines) is 1. The minimum Gasteiger partial charge on any atom is -0.360 e. The van der Waals surface area contributed by atoms with E-state index < -0.39 is 22.0 Å². The first-order chi connectivity index (χ1) is 14.2. The minimum atomic E-state index is -3.91. The standard InChI is InChI=1S/C21H30N4O4S/c1-14-9-11-25(12-10-14)13-18-5-7-19(8-6-18)22-21(26)16(3)24-30(27,28)20-15(2)23-29-17(20)4/h5-8,14,16,24H,9-13H2,1-4H3,(H,22,26)/t16-/m0/s1. The fraction of sp³-hybridized carbons (Fsp3) is 0.524. The van der Waals surface area contributed by atoms with Gasteiger partial charge in [0.2, 0.25) is 15.9 Å². The van der Waals surface area contributed by atoms with E-state index in [1.54, 1.807) is 6.92 Å². The van der Waals surface area contributed by atoms with Crippen molar-refractivity contribution in [2.75, 3.05) is 18.4 Å². The van der Waals surface area contributed by atoms with E-state index in [2.05, 4.69) is 27.0 Å². The maximum atomic E-state index is 12.6. The number of hydrogen-bond donors (Lipinski definition) is 2. The molecule has 0 bridgehead atoms. The van der Waals surface area contributed by atoms with Gasteiger partial charge in [-0.2, -0.15) is 4.72 Å². The predicted molar refractivity (Wildman–Crippen MR) is 115 cm³/mol. The number of nitrogens with zero attached hydrogens (tertiary/aromatic N) is 2. The first kappa shape index (κ1) is 22.5. The summed E-state index contributed by atoms with van der Waals surface area (Å²) >= 11 is 0. The SMILES string of the molecule is Cc1noc(C)c1S(=O)(=O)N[C@@H](C)C(=O)Nc1ccc(CN2CCC(C)CC2)cc1. The average Bonchev–Trinajstić information content (AvgIpc) is 3.04. The number of carbonyl (C=O) groups is 1. The number of aryl methyl sites for hydroxylation is 2. The average molecular weight is 435 g/mol. The van der Waals surface area contributed by atoms with Crippen LogP contribution < -0.4 is 10.0 Å². The van der Waals surface area contributed by atoms with Gasteiger partial charge in [0.05, 0.1) is 6.04 Å². The summed E-state index contributed by atoms with van der Waals surface area (Å²) < 4.78 is 32.4. The molecule has 1 saturated heterocycles. The van der Waals surface area contributed by atoms with Crippen molar-refractivity contribution in [2.24, 2.45) is 5.92 Å². The van der Waals surface area contributed by atoms with Crippen LogP contribution in [-0.2, 0) is 21.4 Å². The van der Waals surface area contributed by atoms with E-state index in [0.717, 1.165) is 25.6 Å². The number of benzene rings is 1. The summed E-state index contributed by atoms with van der Waals surface area (Å²) in [5.41, 5.74) is 2.07. The lowest BCUT2D eigenvalue weighted by atomic mass is 9.99. The highest BCUT2D eigenvalue weighted by Gasteiger charge is 2.28. The van der Waals surface area contributed by atoms with Gasteiger partial charge in [-0.05, 0) is 70.3 Å². The molecule has 1 aromatic heterocycles. The molecule has 0 aliphatic carbocycles. The van der Waals surface area contributed by atoms with Crippen molar-refractivity contribution in [3.8, 4) is 0 Å². The van der Waals surface area contributed by atoms with Crippen molar-refractivity contribution in [2.45, 2.75) is 58.0 Å². The van der Waals surface area contributed by atoms with Crippen molar-refractivity contribution >= 4 is 21.6 Å². The molecule has 0 saturated carbocycles. The van der Waals surface area contributed by atoms with Crippen LogP contribution in [0.25, 0.3) is 0 Å². The van der Waals surface area contributed by atoms with Crippen molar-refractivity contribution in [1.82, 2.24) is 14.8 Å². The van der Waals surface area contributed by atoms with E-state index in [9.17, 15) is 13.2 Å². The van der Waals surface area contributed by atoms with E-state index in [1.165, 1.54) is 32.3 Å². The second-order valence-corrected chi connectivity index (χ2v) is 9.79. The predicted octanol–water partition coefficient (Wildman–Crippen LogP) is 2.83. The largest absolute Gasteiger partial charge is 0.360 e. The zero-order valence-corrected chi connectivity index (χ0v) is 18.8. The van der Waals surface area contributed by atoms with Gasteiger partial charge in [-0.25, -0.2) is 8.42 Å². The van der Waals surface area contributed by atoms with Crippen LogP contribution in [0, 0.1) is 19.8 Å². The first-order valence-electron chi connectivity index (χ1n) is 10.2. The summed E-state index contributed by atoms with van der Waals surface area (Å²) in [6.07, 6.45) is 2.46. The lowest BCUT2D eigenvalue weighted by Crippen LogP contribution is -2.41. The Morgan fingerprint density at radius 1 is 1.23 bits per heavy atom. The second-order valence-electron chi connectivity index (χ2n) is 8.14. The fourth-order valence-corrected chi connectivity index (χ4v) is 5.16. The van der Waals surface area contributed by atoms with E-state index in [4.69, 9.17) is 4.52 Å². The Hall–Kier alpha value is -2.23. The molecule has 1 aliphatic rings. The molecular formula is C21H30N4O4S. The van der Waals surface area contributed by atoms with Crippen LogP contribution in [0.2, 0.25) is 0 Å². The zero-order valence-electron chi connectivity index (χ0n) is 17.9. The molecule has 0 spiro atoms. The molecule has 1 amide bonds. The minimum absolute atomic E-state index is 0.0291. The van der Waals surface area contributed by atoms with Gasteiger partial charge in [0.25, 0.3) is 0 Å². The van der Waals surface area contributed by atoms with Crippen molar-refractivity contribution in [3.05, 3.63) is 41.3 Å². The van der Waals surface area contributed by atoms with Gasteiger partial charge in [-0.15, -0.1) is 0 Å². The van der Waals surface area contributed by atoms with E-state index in [1.807, 2.05) is 24.3 Å². The van der Waals surface area contributed by atoms with Gasteiger partial charge >= 0.3 is 0 Å². The topological polar surface area (TPSA) is 105 Å². The smallest absolute Gasteiger partial charge is 0.246 e. The second kappa shape index (κ2) is 9.28. The summed E-state index contributed by atoms with van der Waals surface area (Å²) in [6, 6.07) is 6.71.